The molecule has 0 unspecified atom stereocenters. The van der Waals surface area contributed by atoms with Crippen LogP contribution in [0.25, 0.3) is 5.57 Å². The van der Waals surface area contributed by atoms with Gasteiger partial charge in [-0.1, -0.05) is 24.3 Å². The fraction of sp³-hybridized carbons (Fsp3) is 0.414. The summed E-state index contributed by atoms with van der Waals surface area (Å²) in [5.74, 6) is 0.499. The smallest absolute Gasteiger partial charge is 0.253 e. The largest absolute Gasteiger partial charge is 0.404 e. The Bertz CT molecular complexity index is 1150. The number of rotatable bonds is 10. The minimum Gasteiger partial charge on any atom is -0.404 e. The average molecular weight is 504 g/mol. The second kappa shape index (κ2) is 12.5. The van der Waals surface area contributed by atoms with Gasteiger partial charge in [0.05, 0.1) is 18.0 Å². The van der Waals surface area contributed by atoms with E-state index >= 15 is 0 Å². The van der Waals surface area contributed by atoms with Crippen molar-refractivity contribution in [3.63, 3.8) is 0 Å². The molecule has 2 fully saturated rings. The third-order valence-corrected chi connectivity index (χ3v) is 7.04. The number of nitrogens with two attached hydrogens (primary N) is 1. The van der Waals surface area contributed by atoms with Crippen LogP contribution in [-0.2, 0) is 9.53 Å². The van der Waals surface area contributed by atoms with Crippen molar-refractivity contribution >= 4 is 35.0 Å². The fourth-order valence-electron chi connectivity index (χ4n) is 4.70. The number of piperidine rings is 1. The zero-order valence-corrected chi connectivity index (χ0v) is 21.7. The maximum absolute atomic E-state index is 13.4. The molecule has 1 saturated carbocycles. The van der Waals surface area contributed by atoms with Crippen LogP contribution in [0.5, 0.6) is 0 Å². The number of anilines is 2. The molecular formula is C29H37N5O3. The number of amides is 2. The standard InChI is InChI=1S/C29H37N5O3/c1-31-19-25(18-30)21-5-3-20(4-6-21)22-11-14-34(15-12-22)29(36)24-9-10-26(32-13-16-37-2)27(17-24)33-28(35)23-7-8-23/h3-6,9-10,17-19,22-23,32H,7-8,11-16,30H2,1-2H3,(H,33,35). The third kappa shape index (κ3) is 6.77. The molecule has 2 amide bonds. The normalized spacial score (nSPS) is 16.7. The third-order valence-electron chi connectivity index (χ3n) is 7.04. The number of ether oxygens (including phenoxy) is 1. The quantitative estimate of drug-likeness (QED) is 0.334. The molecule has 0 spiro atoms. The molecule has 8 heteroatoms. The summed E-state index contributed by atoms with van der Waals surface area (Å²) in [4.78, 5) is 31.8. The van der Waals surface area contributed by atoms with Gasteiger partial charge in [-0.3, -0.25) is 14.6 Å². The van der Waals surface area contributed by atoms with Gasteiger partial charge in [-0.2, -0.15) is 0 Å². The van der Waals surface area contributed by atoms with Crippen molar-refractivity contribution in [2.24, 2.45) is 16.6 Å². The summed E-state index contributed by atoms with van der Waals surface area (Å²) in [6.07, 6.45) is 6.98. The van der Waals surface area contributed by atoms with Gasteiger partial charge in [0.2, 0.25) is 5.91 Å². The second-order valence-corrected chi connectivity index (χ2v) is 9.64. The summed E-state index contributed by atoms with van der Waals surface area (Å²) in [5.41, 5.74) is 11.0. The molecule has 1 aliphatic carbocycles. The highest BCUT2D eigenvalue weighted by atomic mass is 16.5. The van der Waals surface area contributed by atoms with Gasteiger partial charge in [0, 0.05) is 63.3 Å². The topological polar surface area (TPSA) is 109 Å². The molecule has 4 rings (SSSR count). The maximum Gasteiger partial charge on any atom is 0.253 e. The highest BCUT2D eigenvalue weighted by Crippen LogP contribution is 2.33. The van der Waals surface area contributed by atoms with E-state index < -0.39 is 0 Å². The Morgan fingerprint density at radius 3 is 2.38 bits per heavy atom. The lowest BCUT2D eigenvalue weighted by atomic mass is 9.88. The van der Waals surface area contributed by atoms with E-state index in [0.717, 1.165) is 42.5 Å². The number of benzene rings is 2. The Hall–Kier alpha value is -3.65. The predicted octanol–water partition coefficient (Wildman–Crippen LogP) is 4.11. The highest BCUT2D eigenvalue weighted by molar-refractivity contribution is 6.09. The molecular weight excluding hydrogens is 466 g/mol. The number of hydrogen-bond donors (Lipinski definition) is 3. The number of aliphatic imine (C=N–C) groups is 1. The summed E-state index contributed by atoms with van der Waals surface area (Å²) in [6, 6.07) is 13.9. The molecule has 1 aliphatic heterocycles. The summed E-state index contributed by atoms with van der Waals surface area (Å²) < 4.78 is 5.12. The van der Waals surface area contributed by atoms with Crippen molar-refractivity contribution in [2.75, 3.05) is 51.0 Å². The Labute approximate surface area is 219 Å². The van der Waals surface area contributed by atoms with Gasteiger partial charge in [0.15, 0.2) is 0 Å². The molecule has 2 aromatic carbocycles. The summed E-state index contributed by atoms with van der Waals surface area (Å²) in [7, 11) is 3.38. The monoisotopic (exact) mass is 503 g/mol. The van der Waals surface area contributed by atoms with Crippen molar-refractivity contribution in [3.8, 4) is 0 Å². The van der Waals surface area contributed by atoms with Crippen LogP contribution in [0.1, 0.15) is 53.1 Å². The number of allylic oxidation sites excluding steroid dienone is 1. The van der Waals surface area contributed by atoms with Crippen LogP contribution in [0, 0.1) is 5.92 Å². The first-order valence-corrected chi connectivity index (χ1v) is 13.0. The molecule has 2 aliphatic rings. The molecule has 196 valence electrons. The lowest BCUT2D eigenvalue weighted by molar-refractivity contribution is -0.117. The average Bonchev–Trinajstić information content (AvgIpc) is 3.78. The molecule has 1 heterocycles. The number of likely N-dealkylation sites (tertiary alicyclic amines) is 1. The lowest BCUT2D eigenvalue weighted by Crippen LogP contribution is -2.38. The van der Waals surface area contributed by atoms with E-state index in [-0.39, 0.29) is 17.7 Å². The number of carbonyl (C=O) groups excluding carboxylic acids is 2. The molecule has 2 aromatic rings. The van der Waals surface area contributed by atoms with Crippen LogP contribution in [0.4, 0.5) is 11.4 Å². The van der Waals surface area contributed by atoms with Crippen LogP contribution < -0.4 is 16.4 Å². The van der Waals surface area contributed by atoms with Gasteiger partial charge < -0.3 is 26.0 Å². The van der Waals surface area contributed by atoms with Crippen molar-refractivity contribution in [1.29, 1.82) is 0 Å². The number of carbonyl (C=O) groups is 2. The van der Waals surface area contributed by atoms with E-state index in [1.807, 2.05) is 17.0 Å². The molecule has 0 atom stereocenters. The van der Waals surface area contributed by atoms with Crippen molar-refractivity contribution in [1.82, 2.24) is 4.90 Å². The van der Waals surface area contributed by atoms with Gasteiger partial charge in [-0.25, -0.2) is 0 Å². The van der Waals surface area contributed by atoms with Crippen LogP contribution in [0.3, 0.4) is 0 Å². The van der Waals surface area contributed by atoms with E-state index in [4.69, 9.17) is 10.5 Å². The van der Waals surface area contributed by atoms with E-state index in [2.05, 4.69) is 39.9 Å². The Morgan fingerprint density at radius 2 is 1.76 bits per heavy atom. The summed E-state index contributed by atoms with van der Waals surface area (Å²) in [6.45, 7) is 2.55. The Morgan fingerprint density at radius 1 is 1.05 bits per heavy atom. The summed E-state index contributed by atoms with van der Waals surface area (Å²) in [5, 5.41) is 6.31. The van der Waals surface area contributed by atoms with Crippen molar-refractivity contribution in [2.45, 2.75) is 31.6 Å². The first-order chi connectivity index (χ1) is 18.0. The van der Waals surface area contributed by atoms with Gasteiger partial charge in [-0.05, 0) is 60.9 Å². The van der Waals surface area contributed by atoms with Gasteiger partial charge in [0.25, 0.3) is 5.91 Å². The van der Waals surface area contributed by atoms with E-state index in [1.165, 1.54) is 5.56 Å². The number of methoxy groups -OCH3 is 1. The molecule has 0 aromatic heterocycles. The molecule has 4 N–H and O–H groups in total. The zero-order valence-electron chi connectivity index (χ0n) is 21.7. The fourth-order valence-corrected chi connectivity index (χ4v) is 4.70. The first kappa shape index (κ1) is 26.4. The van der Waals surface area contributed by atoms with Crippen molar-refractivity contribution < 1.29 is 14.3 Å². The first-order valence-electron chi connectivity index (χ1n) is 13.0. The molecule has 1 saturated heterocycles. The maximum atomic E-state index is 13.4. The van der Waals surface area contributed by atoms with Gasteiger partial charge in [-0.15, -0.1) is 0 Å². The van der Waals surface area contributed by atoms with E-state index in [1.54, 1.807) is 32.6 Å². The number of nitrogens with zero attached hydrogens (tertiary/aromatic N) is 2. The highest BCUT2D eigenvalue weighted by Gasteiger charge is 2.30. The van der Waals surface area contributed by atoms with E-state index in [9.17, 15) is 9.59 Å². The Balaban J connectivity index is 1.40. The molecule has 0 radical (unpaired) electrons. The minimum absolute atomic E-state index is 0.00395. The molecule has 37 heavy (non-hydrogen) atoms. The van der Waals surface area contributed by atoms with Gasteiger partial charge >= 0.3 is 0 Å². The lowest BCUT2D eigenvalue weighted by Gasteiger charge is -2.32. The second-order valence-electron chi connectivity index (χ2n) is 9.64. The van der Waals surface area contributed by atoms with E-state index in [0.29, 0.717) is 43.4 Å². The predicted molar refractivity (Wildman–Crippen MR) is 149 cm³/mol. The van der Waals surface area contributed by atoms with Crippen LogP contribution >= 0.6 is 0 Å². The SMILES string of the molecule is CN=CC(=CN)c1ccc(C2CCN(C(=O)c3ccc(NCCOC)c(NC(=O)C4CC4)c3)CC2)cc1. The van der Waals surface area contributed by atoms with Crippen LogP contribution in [-0.4, -0.2) is 63.3 Å². The Kier molecular flexibility index (Phi) is 8.95. The van der Waals surface area contributed by atoms with Crippen LogP contribution in [0.2, 0.25) is 0 Å². The van der Waals surface area contributed by atoms with Crippen LogP contribution in [0.15, 0.2) is 53.7 Å². The number of nitrogens with one attached hydrogen (secondary N) is 2. The summed E-state index contributed by atoms with van der Waals surface area (Å²) >= 11 is 0. The molecule has 8 nitrogen and oxygen atoms in total. The minimum atomic E-state index is -0.00395. The molecule has 0 bridgehead atoms. The van der Waals surface area contributed by atoms with Crippen molar-refractivity contribution in [3.05, 3.63) is 65.4 Å². The zero-order chi connectivity index (χ0) is 26.2. The number of hydrogen-bond acceptors (Lipinski definition) is 6. The van der Waals surface area contributed by atoms with Gasteiger partial charge in [0.1, 0.15) is 0 Å².